The zero-order valence-corrected chi connectivity index (χ0v) is 10.5. The molecule has 0 aliphatic heterocycles. The van der Waals surface area contributed by atoms with Crippen molar-refractivity contribution in [3.8, 4) is 0 Å². The maximum atomic E-state index is 11.9. The van der Waals surface area contributed by atoms with E-state index in [-0.39, 0.29) is 11.4 Å². The minimum absolute atomic E-state index is 0.0946. The standard InChI is InChI=1S/C11H24N2O2/c1-6-11(4,7-8-12)13-9(14)10(2,3)15-5/h6-8,12H2,1-5H3,(H,13,14). The van der Waals surface area contributed by atoms with Crippen molar-refractivity contribution in [3.63, 3.8) is 0 Å². The first-order chi connectivity index (χ1) is 6.81. The molecule has 0 saturated heterocycles. The normalized spacial score (nSPS) is 15.9. The Morgan fingerprint density at radius 3 is 2.27 bits per heavy atom. The number of methoxy groups -OCH3 is 1. The lowest BCUT2D eigenvalue weighted by molar-refractivity contribution is -0.141. The molecule has 0 aromatic rings. The summed E-state index contributed by atoms with van der Waals surface area (Å²) in [6.45, 7) is 8.11. The summed E-state index contributed by atoms with van der Waals surface area (Å²) in [4.78, 5) is 11.9. The third-order valence-electron chi connectivity index (χ3n) is 2.95. The van der Waals surface area contributed by atoms with Gasteiger partial charge in [-0.05, 0) is 40.2 Å². The van der Waals surface area contributed by atoms with Gasteiger partial charge in [-0.1, -0.05) is 6.92 Å². The molecule has 1 amide bonds. The molecule has 3 N–H and O–H groups in total. The van der Waals surface area contributed by atoms with Gasteiger partial charge >= 0.3 is 0 Å². The number of ether oxygens (including phenoxy) is 1. The second kappa shape index (κ2) is 5.47. The number of amides is 1. The van der Waals surface area contributed by atoms with E-state index >= 15 is 0 Å². The smallest absolute Gasteiger partial charge is 0.252 e. The summed E-state index contributed by atoms with van der Waals surface area (Å²) in [6.07, 6.45) is 1.63. The topological polar surface area (TPSA) is 64.3 Å². The highest BCUT2D eigenvalue weighted by Crippen LogP contribution is 2.16. The summed E-state index contributed by atoms with van der Waals surface area (Å²) in [5.41, 5.74) is 4.50. The van der Waals surface area contributed by atoms with E-state index in [4.69, 9.17) is 10.5 Å². The van der Waals surface area contributed by atoms with Gasteiger partial charge in [-0.3, -0.25) is 4.79 Å². The van der Waals surface area contributed by atoms with Crippen LogP contribution in [0.15, 0.2) is 0 Å². The van der Waals surface area contributed by atoms with Crippen LogP contribution in [0.1, 0.15) is 40.5 Å². The van der Waals surface area contributed by atoms with Crippen LogP contribution in [0.4, 0.5) is 0 Å². The zero-order chi connectivity index (χ0) is 12.1. The molecule has 0 bridgehead atoms. The second-order valence-electron chi connectivity index (χ2n) is 4.62. The van der Waals surface area contributed by atoms with Gasteiger partial charge in [0, 0.05) is 12.6 Å². The molecule has 15 heavy (non-hydrogen) atoms. The first-order valence-electron chi connectivity index (χ1n) is 5.39. The quantitative estimate of drug-likeness (QED) is 0.697. The number of rotatable bonds is 6. The maximum Gasteiger partial charge on any atom is 0.252 e. The molecular formula is C11H24N2O2. The highest BCUT2D eigenvalue weighted by Gasteiger charge is 2.32. The molecule has 90 valence electrons. The Morgan fingerprint density at radius 1 is 1.40 bits per heavy atom. The van der Waals surface area contributed by atoms with Crippen LogP contribution in [0.2, 0.25) is 0 Å². The van der Waals surface area contributed by atoms with E-state index in [9.17, 15) is 4.79 Å². The molecule has 0 heterocycles. The number of nitrogens with two attached hydrogens (primary N) is 1. The van der Waals surface area contributed by atoms with Crippen molar-refractivity contribution in [1.82, 2.24) is 5.32 Å². The van der Waals surface area contributed by atoms with Gasteiger partial charge in [-0.2, -0.15) is 0 Å². The number of carbonyl (C=O) groups excluding carboxylic acids is 1. The van der Waals surface area contributed by atoms with Crippen molar-refractivity contribution in [1.29, 1.82) is 0 Å². The lowest BCUT2D eigenvalue weighted by atomic mass is 9.93. The van der Waals surface area contributed by atoms with Gasteiger partial charge < -0.3 is 15.8 Å². The Morgan fingerprint density at radius 2 is 1.93 bits per heavy atom. The Balaban J connectivity index is 4.49. The molecule has 0 fully saturated rings. The SMILES string of the molecule is CCC(C)(CCN)NC(=O)C(C)(C)OC. The van der Waals surface area contributed by atoms with Crippen molar-refractivity contribution >= 4 is 5.91 Å². The molecule has 0 aromatic heterocycles. The minimum Gasteiger partial charge on any atom is -0.369 e. The van der Waals surface area contributed by atoms with Crippen molar-refractivity contribution in [3.05, 3.63) is 0 Å². The third kappa shape index (κ3) is 4.18. The van der Waals surface area contributed by atoms with E-state index < -0.39 is 5.60 Å². The van der Waals surface area contributed by atoms with Crippen LogP contribution in [0.3, 0.4) is 0 Å². The largest absolute Gasteiger partial charge is 0.369 e. The predicted octanol–water partition coefficient (Wildman–Crippen LogP) is 1.05. The van der Waals surface area contributed by atoms with E-state index in [0.717, 1.165) is 12.8 Å². The van der Waals surface area contributed by atoms with Crippen LogP contribution < -0.4 is 11.1 Å². The van der Waals surface area contributed by atoms with Gasteiger partial charge in [0.1, 0.15) is 5.60 Å². The zero-order valence-electron chi connectivity index (χ0n) is 10.5. The number of hydrogen-bond acceptors (Lipinski definition) is 3. The Bertz CT molecular complexity index is 217. The molecule has 0 rings (SSSR count). The van der Waals surface area contributed by atoms with Crippen molar-refractivity contribution in [2.24, 2.45) is 5.73 Å². The number of hydrogen-bond donors (Lipinski definition) is 2. The van der Waals surface area contributed by atoms with Gasteiger partial charge in [0.25, 0.3) is 5.91 Å². The van der Waals surface area contributed by atoms with E-state index in [2.05, 4.69) is 5.32 Å². The molecule has 4 heteroatoms. The van der Waals surface area contributed by atoms with Gasteiger partial charge in [0.2, 0.25) is 0 Å². The lowest BCUT2D eigenvalue weighted by Crippen LogP contribution is -2.54. The summed E-state index contributed by atoms with van der Waals surface area (Å²) in [7, 11) is 1.53. The minimum atomic E-state index is -0.787. The van der Waals surface area contributed by atoms with Gasteiger partial charge in [0.05, 0.1) is 0 Å². The fraction of sp³-hybridized carbons (Fsp3) is 0.909. The fourth-order valence-electron chi connectivity index (χ4n) is 1.16. The Hall–Kier alpha value is -0.610. The monoisotopic (exact) mass is 216 g/mol. The predicted molar refractivity (Wildman–Crippen MR) is 61.6 cm³/mol. The van der Waals surface area contributed by atoms with Crippen LogP contribution in [-0.4, -0.2) is 30.7 Å². The van der Waals surface area contributed by atoms with Crippen molar-refractivity contribution < 1.29 is 9.53 Å². The first-order valence-corrected chi connectivity index (χ1v) is 5.39. The van der Waals surface area contributed by atoms with Gasteiger partial charge in [0.15, 0.2) is 0 Å². The van der Waals surface area contributed by atoms with Crippen LogP contribution in [0, 0.1) is 0 Å². The lowest BCUT2D eigenvalue weighted by Gasteiger charge is -2.33. The fourth-order valence-corrected chi connectivity index (χ4v) is 1.16. The summed E-state index contributed by atoms with van der Waals surface area (Å²) < 4.78 is 5.12. The molecule has 0 spiro atoms. The number of nitrogens with one attached hydrogen (secondary N) is 1. The summed E-state index contributed by atoms with van der Waals surface area (Å²) in [5, 5.41) is 2.99. The highest BCUT2D eigenvalue weighted by atomic mass is 16.5. The Kier molecular flexibility index (Phi) is 5.24. The van der Waals surface area contributed by atoms with E-state index in [1.165, 1.54) is 7.11 Å². The molecule has 0 aliphatic carbocycles. The highest BCUT2D eigenvalue weighted by molar-refractivity contribution is 5.84. The van der Waals surface area contributed by atoms with Crippen molar-refractivity contribution in [2.45, 2.75) is 51.7 Å². The molecular weight excluding hydrogens is 192 g/mol. The van der Waals surface area contributed by atoms with Gasteiger partial charge in [-0.25, -0.2) is 0 Å². The van der Waals surface area contributed by atoms with Gasteiger partial charge in [-0.15, -0.1) is 0 Å². The van der Waals surface area contributed by atoms with Crippen LogP contribution >= 0.6 is 0 Å². The van der Waals surface area contributed by atoms with Crippen molar-refractivity contribution in [2.75, 3.05) is 13.7 Å². The Labute approximate surface area is 92.6 Å². The molecule has 0 saturated carbocycles. The molecule has 4 nitrogen and oxygen atoms in total. The van der Waals surface area contributed by atoms with Crippen LogP contribution in [0.5, 0.6) is 0 Å². The average molecular weight is 216 g/mol. The first kappa shape index (κ1) is 14.4. The molecule has 1 atom stereocenters. The van der Waals surface area contributed by atoms with Crippen LogP contribution in [0.25, 0.3) is 0 Å². The molecule has 1 unspecified atom stereocenters. The summed E-state index contributed by atoms with van der Waals surface area (Å²) >= 11 is 0. The summed E-state index contributed by atoms with van der Waals surface area (Å²) in [5.74, 6) is -0.0946. The molecule has 0 aliphatic rings. The van der Waals surface area contributed by atoms with Crippen LogP contribution in [-0.2, 0) is 9.53 Å². The second-order valence-corrected chi connectivity index (χ2v) is 4.62. The van der Waals surface area contributed by atoms with E-state index in [0.29, 0.717) is 6.54 Å². The molecule has 0 radical (unpaired) electrons. The summed E-state index contributed by atoms with van der Waals surface area (Å²) in [6, 6.07) is 0. The average Bonchev–Trinajstić information content (AvgIpc) is 2.18. The third-order valence-corrected chi connectivity index (χ3v) is 2.95. The molecule has 0 aromatic carbocycles. The van der Waals surface area contributed by atoms with E-state index in [1.807, 2.05) is 13.8 Å². The number of carbonyl (C=O) groups is 1. The van der Waals surface area contributed by atoms with E-state index in [1.54, 1.807) is 13.8 Å². The maximum absolute atomic E-state index is 11.9.